The van der Waals surface area contributed by atoms with Gasteiger partial charge in [0.1, 0.15) is 0 Å². The van der Waals surface area contributed by atoms with Crippen LogP contribution in [0.1, 0.15) is 13.8 Å². The molecule has 0 aliphatic heterocycles. The van der Waals surface area contributed by atoms with Crippen LogP contribution < -0.4 is 9.47 Å². The number of hydrogen-bond acceptors (Lipinski definition) is 6. The molecule has 7 nitrogen and oxygen atoms in total. The molecule has 2 heterocycles. The summed E-state index contributed by atoms with van der Waals surface area (Å²) in [5.41, 5.74) is 0.953. The van der Waals surface area contributed by atoms with E-state index in [9.17, 15) is 9.59 Å². The van der Waals surface area contributed by atoms with Crippen LogP contribution in [0.3, 0.4) is 0 Å². The Labute approximate surface area is 95.8 Å². The third-order valence-electron chi connectivity index (χ3n) is 1.84. The molecule has 0 aliphatic carbocycles. The number of hydrogen-bond donors (Lipinski definition) is 1. The van der Waals surface area contributed by atoms with Gasteiger partial charge in [0.15, 0.2) is 11.4 Å². The van der Waals surface area contributed by atoms with E-state index in [1.807, 2.05) is 0 Å². The lowest BCUT2D eigenvalue weighted by molar-refractivity contribution is -0.134. The monoisotopic (exact) mass is 235 g/mol. The second-order valence-corrected chi connectivity index (χ2v) is 3.25. The van der Waals surface area contributed by atoms with Crippen molar-refractivity contribution in [2.24, 2.45) is 0 Å². The molecule has 0 spiro atoms. The van der Waals surface area contributed by atoms with Crippen molar-refractivity contribution in [2.75, 3.05) is 0 Å². The van der Waals surface area contributed by atoms with E-state index in [0.29, 0.717) is 11.2 Å². The third kappa shape index (κ3) is 2.39. The highest BCUT2D eigenvalue weighted by atomic mass is 16.6. The van der Waals surface area contributed by atoms with E-state index in [1.54, 1.807) is 0 Å². The van der Waals surface area contributed by atoms with E-state index < -0.39 is 11.9 Å². The molecule has 0 aliphatic rings. The van der Waals surface area contributed by atoms with Crippen molar-refractivity contribution in [2.45, 2.75) is 13.8 Å². The molecule has 2 rings (SSSR count). The Morgan fingerprint density at radius 3 is 2.59 bits per heavy atom. The molecule has 0 unspecified atom stereocenters. The third-order valence-corrected chi connectivity index (χ3v) is 1.84. The van der Waals surface area contributed by atoms with Crippen LogP contribution in [0, 0.1) is 0 Å². The van der Waals surface area contributed by atoms with Crippen molar-refractivity contribution in [1.82, 2.24) is 15.0 Å². The summed E-state index contributed by atoms with van der Waals surface area (Å²) in [6.45, 7) is 2.47. The van der Waals surface area contributed by atoms with Crippen LogP contribution in [-0.4, -0.2) is 26.9 Å². The minimum Gasteiger partial charge on any atom is -0.421 e. The number of H-pyrrole nitrogens is 1. The van der Waals surface area contributed by atoms with Gasteiger partial charge in [0.25, 0.3) is 5.88 Å². The van der Waals surface area contributed by atoms with Gasteiger partial charge in [0.2, 0.25) is 0 Å². The molecule has 2 aromatic rings. The van der Waals surface area contributed by atoms with E-state index in [4.69, 9.17) is 9.47 Å². The predicted molar refractivity (Wildman–Crippen MR) is 56.5 cm³/mol. The van der Waals surface area contributed by atoms with Crippen LogP contribution in [0.2, 0.25) is 0 Å². The molecule has 0 atom stereocenters. The molecule has 0 saturated heterocycles. The molecule has 88 valence electrons. The van der Waals surface area contributed by atoms with Crippen molar-refractivity contribution in [3.05, 3.63) is 12.4 Å². The maximum absolute atomic E-state index is 10.9. The first kappa shape index (κ1) is 11.1. The molecule has 0 radical (unpaired) electrons. The standard InChI is InChI=1S/C10H9N3O4/c1-5(14)16-8-3-7-9(12-4-11-7)13-10(8)17-6(2)15/h3-4H,1-2H3,(H,11,12,13). The molecule has 17 heavy (non-hydrogen) atoms. The van der Waals surface area contributed by atoms with Gasteiger partial charge in [0.05, 0.1) is 11.8 Å². The number of aromatic nitrogens is 3. The summed E-state index contributed by atoms with van der Waals surface area (Å²) in [6.07, 6.45) is 1.44. The van der Waals surface area contributed by atoms with Gasteiger partial charge in [-0.2, -0.15) is 4.98 Å². The number of esters is 2. The van der Waals surface area contributed by atoms with Crippen LogP contribution in [-0.2, 0) is 9.59 Å². The van der Waals surface area contributed by atoms with Crippen LogP contribution >= 0.6 is 0 Å². The normalized spacial score (nSPS) is 10.2. The van der Waals surface area contributed by atoms with Gasteiger partial charge < -0.3 is 14.5 Å². The van der Waals surface area contributed by atoms with Gasteiger partial charge in [-0.1, -0.05) is 0 Å². The Balaban J connectivity index is 2.50. The second kappa shape index (κ2) is 4.20. The number of rotatable bonds is 2. The lowest BCUT2D eigenvalue weighted by Crippen LogP contribution is -2.08. The number of nitrogens with zero attached hydrogens (tertiary/aromatic N) is 2. The SMILES string of the molecule is CC(=O)Oc1cc2[nH]cnc2nc1OC(C)=O. The molecule has 0 amide bonds. The topological polar surface area (TPSA) is 94.2 Å². The van der Waals surface area contributed by atoms with Crippen LogP contribution in [0.25, 0.3) is 11.2 Å². The van der Waals surface area contributed by atoms with Crippen LogP contribution in [0.4, 0.5) is 0 Å². The van der Waals surface area contributed by atoms with Crippen LogP contribution in [0.15, 0.2) is 12.4 Å². The number of imidazole rings is 1. The summed E-state index contributed by atoms with van der Waals surface area (Å²) in [4.78, 5) is 32.5. The van der Waals surface area contributed by atoms with Crippen molar-refractivity contribution in [3.8, 4) is 11.6 Å². The summed E-state index contributed by atoms with van der Waals surface area (Å²) >= 11 is 0. The lowest BCUT2D eigenvalue weighted by Gasteiger charge is -2.06. The van der Waals surface area contributed by atoms with Gasteiger partial charge in [-0.15, -0.1) is 0 Å². The summed E-state index contributed by atoms with van der Waals surface area (Å²) < 4.78 is 9.74. The Morgan fingerprint density at radius 1 is 1.24 bits per heavy atom. The summed E-state index contributed by atoms with van der Waals surface area (Å²) in [5.74, 6) is -1.09. The molecular formula is C10H9N3O4. The van der Waals surface area contributed by atoms with E-state index in [1.165, 1.54) is 26.2 Å². The first-order chi connectivity index (χ1) is 8.06. The number of aromatic amines is 1. The summed E-state index contributed by atoms with van der Waals surface area (Å²) in [7, 11) is 0. The molecule has 0 aromatic carbocycles. The fraction of sp³-hybridized carbons (Fsp3) is 0.200. The van der Waals surface area contributed by atoms with Crippen molar-refractivity contribution < 1.29 is 19.1 Å². The summed E-state index contributed by atoms with van der Waals surface area (Å²) in [5, 5.41) is 0. The van der Waals surface area contributed by atoms with Crippen LogP contribution in [0.5, 0.6) is 11.6 Å². The van der Waals surface area contributed by atoms with Gasteiger partial charge in [-0.25, -0.2) is 4.98 Å². The first-order valence-corrected chi connectivity index (χ1v) is 4.77. The number of ether oxygens (including phenoxy) is 2. The van der Waals surface area contributed by atoms with Gasteiger partial charge in [-0.05, 0) is 0 Å². The maximum Gasteiger partial charge on any atom is 0.309 e. The van der Waals surface area contributed by atoms with E-state index >= 15 is 0 Å². The quantitative estimate of drug-likeness (QED) is 0.774. The molecule has 1 N–H and O–H groups in total. The Hall–Kier alpha value is -2.44. The van der Waals surface area contributed by atoms with Gasteiger partial charge in [-0.3, -0.25) is 9.59 Å². The van der Waals surface area contributed by atoms with E-state index in [0.717, 1.165) is 0 Å². The Morgan fingerprint density at radius 2 is 1.94 bits per heavy atom. The van der Waals surface area contributed by atoms with Gasteiger partial charge >= 0.3 is 11.9 Å². The van der Waals surface area contributed by atoms with Gasteiger partial charge in [0, 0.05) is 19.9 Å². The average Bonchev–Trinajstić information content (AvgIpc) is 2.63. The number of nitrogens with one attached hydrogen (secondary N) is 1. The van der Waals surface area contributed by atoms with Crippen molar-refractivity contribution in [1.29, 1.82) is 0 Å². The molecule has 7 heteroatoms. The maximum atomic E-state index is 10.9. The zero-order valence-electron chi connectivity index (χ0n) is 9.18. The number of carbonyl (C=O) groups excluding carboxylic acids is 2. The fourth-order valence-electron chi connectivity index (χ4n) is 1.27. The largest absolute Gasteiger partial charge is 0.421 e. The highest BCUT2D eigenvalue weighted by molar-refractivity contribution is 5.78. The first-order valence-electron chi connectivity index (χ1n) is 4.77. The minimum absolute atomic E-state index is 0.0736. The Kier molecular flexibility index (Phi) is 2.73. The Bertz CT molecular complexity index is 540. The number of fused-ring (bicyclic) bond motifs is 1. The smallest absolute Gasteiger partial charge is 0.309 e. The molecule has 0 saturated carbocycles. The number of carbonyl (C=O) groups is 2. The highest BCUT2D eigenvalue weighted by Gasteiger charge is 2.14. The second-order valence-electron chi connectivity index (χ2n) is 3.25. The zero-order valence-corrected chi connectivity index (χ0v) is 9.18. The predicted octanol–water partition coefficient (Wildman–Crippen LogP) is 0.808. The fourth-order valence-corrected chi connectivity index (χ4v) is 1.27. The average molecular weight is 235 g/mol. The van der Waals surface area contributed by atoms with E-state index in [-0.39, 0.29) is 11.6 Å². The minimum atomic E-state index is -0.555. The zero-order chi connectivity index (χ0) is 12.4. The van der Waals surface area contributed by atoms with E-state index in [2.05, 4.69) is 15.0 Å². The van der Waals surface area contributed by atoms with Crippen molar-refractivity contribution >= 4 is 23.1 Å². The summed E-state index contributed by atoms with van der Waals surface area (Å²) in [6, 6.07) is 1.50. The lowest BCUT2D eigenvalue weighted by atomic mass is 10.4. The molecule has 0 bridgehead atoms. The molecule has 0 fully saturated rings. The number of pyridine rings is 1. The highest BCUT2D eigenvalue weighted by Crippen LogP contribution is 2.28. The molecular weight excluding hydrogens is 226 g/mol. The van der Waals surface area contributed by atoms with Crippen molar-refractivity contribution in [3.63, 3.8) is 0 Å². The molecule has 2 aromatic heterocycles.